The van der Waals surface area contributed by atoms with E-state index < -0.39 is 0 Å². The number of hydrogen-bond acceptors (Lipinski definition) is 4. The minimum atomic E-state index is 0.679. The Morgan fingerprint density at radius 2 is 1.73 bits per heavy atom. The topological polar surface area (TPSA) is 41.9 Å². The average molecular weight is 200 g/mol. The first-order valence-electron chi connectivity index (χ1n) is 4.86. The monoisotopic (exact) mass is 200 g/mol. The molecule has 0 unspecified atom stereocenters. The van der Waals surface area contributed by atoms with Gasteiger partial charge in [0.25, 0.3) is 0 Å². The molecule has 0 fully saturated rings. The minimum Gasteiger partial charge on any atom is -0.311 e. The second-order valence-electron chi connectivity index (χ2n) is 3.02. The first kappa shape index (κ1) is 9.58. The number of hydrogen-bond donors (Lipinski definition) is 0. The summed E-state index contributed by atoms with van der Waals surface area (Å²) in [6.45, 7) is 2.89. The molecule has 1 aromatic carbocycles. The number of rotatable bonds is 3. The molecule has 4 heteroatoms. The molecule has 0 saturated carbocycles. The van der Waals surface area contributed by atoms with Crippen molar-refractivity contribution in [1.29, 1.82) is 0 Å². The van der Waals surface area contributed by atoms with E-state index in [0.717, 1.165) is 12.2 Å². The lowest BCUT2D eigenvalue weighted by Crippen LogP contribution is -2.18. The zero-order valence-corrected chi connectivity index (χ0v) is 8.54. The van der Waals surface area contributed by atoms with E-state index in [1.54, 1.807) is 0 Å². The van der Waals surface area contributed by atoms with Crippen LogP contribution in [0.25, 0.3) is 0 Å². The molecule has 2 aromatic rings. The lowest BCUT2D eigenvalue weighted by molar-refractivity contribution is 0.920. The van der Waals surface area contributed by atoms with E-state index in [9.17, 15) is 0 Å². The molecule has 0 aliphatic carbocycles. The summed E-state index contributed by atoms with van der Waals surface area (Å²) in [5.41, 5.74) is 1.09. The SMILES string of the molecule is CCN(c1ccccc1)c1ncncn1. The molecule has 0 amide bonds. The maximum atomic E-state index is 4.13. The zero-order chi connectivity index (χ0) is 10.5. The lowest BCUT2D eigenvalue weighted by atomic mass is 10.3. The third-order valence-corrected chi connectivity index (χ3v) is 2.11. The molecule has 0 N–H and O–H groups in total. The van der Waals surface area contributed by atoms with Crippen LogP contribution in [0, 0.1) is 0 Å². The van der Waals surface area contributed by atoms with Crippen molar-refractivity contribution < 1.29 is 0 Å². The smallest absolute Gasteiger partial charge is 0.232 e. The van der Waals surface area contributed by atoms with Gasteiger partial charge in [-0.2, -0.15) is 0 Å². The van der Waals surface area contributed by atoms with Crippen LogP contribution in [-0.4, -0.2) is 21.5 Å². The summed E-state index contributed by atoms with van der Waals surface area (Å²) in [7, 11) is 0. The molecule has 0 aliphatic rings. The zero-order valence-electron chi connectivity index (χ0n) is 8.54. The second kappa shape index (κ2) is 4.50. The van der Waals surface area contributed by atoms with Crippen molar-refractivity contribution in [3.63, 3.8) is 0 Å². The Bertz CT molecular complexity index is 362. The van der Waals surface area contributed by atoms with E-state index in [1.165, 1.54) is 12.7 Å². The number of benzene rings is 1. The van der Waals surface area contributed by atoms with Crippen molar-refractivity contribution in [2.45, 2.75) is 6.92 Å². The van der Waals surface area contributed by atoms with Crippen LogP contribution in [0.4, 0.5) is 11.6 Å². The molecule has 76 valence electrons. The van der Waals surface area contributed by atoms with Crippen LogP contribution in [0.15, 0.2) is 43.0 Å². The normalized spacial score (nSPS) is 9.93. The Hall–Kier alpha value is -1.97. The predicted molar refractivity (Wildman–Crippen MR) is 58.9 cm³/mol. The highest BCUT2D eigenvalue weighted by molar-refractivity contribution is 5.56. The summed E-state index contributed by atoms with van der Waals surface area (Å²) in [5, 5.41) is 0. The highest BCUT2D eigenvalue weighted by Gasteiger charge is 2.07. The number of nitrogens with zero attached hydrogens (tertiary/aromatic N) is 4. The standard InChI is InChI=1S/C11H12N4/c1-2-15(10-6-4-3-5-7-10)11-13-8-12-9-14-11/h3-9H,2H2,1H3. The predicted octanol–water partition coefficient (Wildman–Crippen LogP) is 2.03. The molecule has 15 heavy (non-hydrogen) atoms. The molecule has 0 spiro atoms. The van der Waals surface area contributed by atoms with Crippen LogP contribution in [-0.2, 0) is 0 Å². The first-order valence-corrected chi connectivity index (χ1v) is 4.86. The van der Waals surface area contributed by atoms with Gasteiger partial charge in [-0.25, -0.2) is 15.0 Å². The first-order chi connectivity index (χ1) is 7.42. The third kappa shape index (κ3) is 2.10. The van der Waals surface area contributed by atoms with Crippen molar-refractivity contribution in [2.75, 3.05) is 11.4 Å². The van der Waals surface area contributed by atoms with Gasteiger partial charge < -0.3 is 4.90 Å². The van der Waals surface area contributed by atoms with Crippen molar-refractivity contribution in [1.82, 2.24) is 15.0 Å². The summed E-state index contributed by atoms with van der Waals surface area (Å²) in [6, 6.07) is 10.1. The van der Waals surface area contributed by atoms with Gasteiger partial charge in [0, 0.05) is 12.2 Å². The van der Waals surface area contributed by atoms with Crippen LogP contribution in [0.1, 0.15) is 6.92 Å². The van der Waals surface area contributed by atoms with Gasteiger partial charge in [-0.05, 0) is 19.1 Å². The Morgan fingerprint density at radius 1 is 1.07 bits per heavy atom. The second-order valence-corrected chi connectivity index (χ2v) is 3.02. The third-order valence-electron chi connectivity index (χ3n) is 2.11. The van der Waals surface area contributed by atoms with E-state index in [-0.39, 0.29) is 0 Å². The molecular formula is C11H12N4. The molecular weight excluding hydrogens is 188 g/mol. The Kier molecular flexibility index (Phi) is 2.88. The van der Waals surface area contributed by atoms with E-state index in [0.29, 0.717) is 5.95 Å². The number of aromatic nitrogens is 3. The van der Waals surface area contributed by atoms with Crippen molar-refractivity contribution in [3.8, 4) is 0 Å². The van der Waals surface area contributed by atoms with E-state index >= 15 is 0 Å². The number of anilines is 2. The van der Waals surface area contributed by atoms with Crippen molar-refractivity contribution >= 4 is 11.6 Å². The Labute approximate surface area is 88.6 Å². The van der Waals surface area contributed by atoms with Crippen LogP contribution in [0.5, 0.6) is 0 Å². The summed E-state index contributed by atoms with van der Waals surface area (Å²) in [6.07, 6.45) is 3.02. The molecule has 4 nitrogen and oxygen atoms in total. The van der Waals surface area contributed by atoms with Gasteiger partial charge >= 0.3 is 0 Å². The van der Waals surface area contributed by atoms with Gasteiger partial charge in [-0.15, -0.1) is 0 Å². The van der Waals surface area contributed by atoms with E-state index in [1.807, 2.05) is 35.2 Å². The quantitative estimate of drug-likeness (QED) is 0.760. The van der Waals surface area contributed by atoms with Crippen molar-refractivity contribution in [3.05, 3.63) is 43.0 Å². The minimum absolute atomic E-state index is 0.679. The van der Waals surface area contributed by atoms with Crippen LogP contribution in [0.2, 0.25) is 0 Å². The molecule has 0 bridgehead atoms. The van der Waals surface area contributed by atoms with Gasteiger partial charge in [0.05, 0.1) is 0 Å². The molecule has 0 aliphatic heterocycles. The maximum Gasteiger partial charge on any atom is 0.232 e. The highest BCUT2D eigenvalue weighted by Crippen LogP contribution is 2.19. The highest BCUT2D eigenvalue weighted by atomic mass is 15.3. The summed E-state index contributed by atoms with van der Waals surface area (Å²) in [4.78, 5) is 14.1. The molecule has 1 heterocycles. The summed E-state index contributed by atoms with van der Waals surface area (Å²) < 4.78 is 0. The van der Waals surface area contributed by atoms with Gasteiger partial charge in [-0.3, -0.25) is 0 Å². The van der Waals surface area contributed by atoms with Crippen molar-refractivity contribution in [2.24, 2.45) is 0 Å². The van der Waals surface area contributed by atoms with Crippen LogP contribution < -0.4 is 4.90 Å². The van der Waals surface area contributed by atoms with E-state index in [2.05, 4.69) is 21.9 Å². The fourth-order valence-corrected chi connectivity index (χ4v) is 1.42. The Morgan fingerprint density at radius 3 is 2.33 bits per heavy atom. The van der Waals surface area contributed by atoms with Crippen LogP contribution >= 0.6 is 0 Å². The molecule has 0 saturated heterocycles. The van der Waals surface area contributed by atoms with Gasteiger partial charge in [0.2, 0.25) is 5.95 Å². The molecule has 0 radical (unpaired) electrons. The van der Waals surface area contributed by atoms with Gasteiger partial charge in [-0.1, -0.05) is 18.2 Å². The number of para-hydroxylation sites is 1. The van der Waals surface area contributed by atoms with Crippen LogP contribution in [0.3, 0.4) is 0 Å². The van der Waals surface area contributed by atoms with E-state index in [4.69, 9.17) is 0 Å². The average Bonchev–Trinajstić information content (AvgIpc) is 2.33. The molecule has 0 atom stereocenters. The largest absolute Gasteiger partial charge is 0.311 e. The fourth-order valence-electron chi connectivity index (χ4n) is 1.42. The molecule has 2 rings (SSSR count). The lowest BCUT2D eigenvalue weighted by Gasteiger charge is -2.19. The van der Waals surface area contributed by atoms with Gasteiger partial charge in [0.1, 0.15) is 12.7 Å². The summed E-state index contributed by atoms with van der Waals surface area (Å²) in [5.74, 6) is 0.679. The molecule has 1 aromatic heterocycles. The fraction of sp³-hybridized carbons (Fsp3) is 0.182. The summed E-state index contributed by atoms with van der Waals surface area (Å²) >= 11 is 0. The Balaban J connectivity index is 2.34. The van der Waals surface area contributed by atoms with Gasteiger partial charge in [0.15, 0.2) is 0 Å². The maximum absolute atomic E-state index is 4.13.